The summed E-state index contributed by atoms with van der Waals surface area (Å²) in [6.45, 7) is 3.64. The maximum atomic E-state index is 9.20. The van der Waals surface area contributed by atoms with E-state index in [2.05, 4.69) is 18.3 Å². The van der Waals surface area contributed by atoms with Crippen LogP contribution >= 0.6 is 11.8 Å². The average molecular weight is 250 g/mol. The van der Waals surface area contributed by atoms with Crippen molar-refractivity contribution in [2.75, 3.05) is 31.3 Å². The van der Waals surface area contributed by atoms with Crippen LogP contribution in [0.1, 0.15) is 18.9 Å². The summed E-state index contributed by atoms with van der Waals surface area (Å²) in [6.07, 6.45) is 0.937. The summed E-state index contributed by atoms with van der Waals surface area (Å²) in [4.78, 5) is 1.05. The first-order valence-corrected chi connectivity index (χ1v) is 6.70. The lowest BCUT2D eigenvalue weighted by molar-refractivity contribution is 0.198. The second-order valence-corrected chi connectivity index (χ2v) is 4.80. The molecule has 0 aromatic heterocycles. The van der Waals surface area contributed by atoms with E-state index < -0.39 is 0 Å². The molecule has 0 fully saturated rings. The standard InChI is InChI=1S/C13H18N2OS/c1-3-17-13-7-4-6-12(11(13)10-14)15-8-5-9-16-2/h4,6-7,15H,3,5,8-9H2,1-2H3. The van der Waals surface area contributed by atoms with E-state index in [-0.39, 0.29) is 0 Å². The van der Waals surface area contributed by atoms with Crippen LogP contribution in [0.2, 0.25) is 0 Å². The summed E-state index contributed by atoms with van der Waals surface area (Å²) < 4.78 is 4.99. The van der Waals surface area contributed by atoms with Gasteiger partial charge in [0.1, 0.15) is 6.07 Å². The monoisotopic (exact) mass is 250 g/mol. The predicted octanol–water partition coefficient (Wildman–Crippen LogP) is 3.12. The normalized spacial score (nSPS) is 9.94. The largest absolute Gasteiger partial charge is 0.385 e. The van der Waals surface area contributed by atoms with Crippen LogP contribution in [-0.2, 0) is 4.74 Å². The fourth-order valence-corrected chi connectivity index (χ4v) is 2.29. The number of methoxy groups -OCH3 is 1. The first-order chi connectivity index (χ1) is 8.33. The number of nitriles is 1. The lowest BCUT2D eigenvalue weighted by Gasteiger charge is -2.10. The molecule has 1 aromatic rings. The maximum Gasteiger partial charge on any atom is 0.102 e. The first kappa shape index (κ1) is 13.9. The Bertz CT molecular complexity index is 387. The molecular formula is C13H18N2OS. The van der Waals surface area contributed by atoms with Crippen molar-refractivity contribution in [3.05, 3.63) is 23.8 Å². The van der Waals surface area contributed by atoms with Crippen molar-refractivity contribution < 1.29 is 4.74 Å². The molecule has 0 saturated heterocycles. The lowest BCUT2D eigenvalue weighted by Crippen LogP contribution is -2.06. The fraction of sp³-hybridized carbons (Fsp3) is 0.462. The van der Waals surface area contributed by atoms with Gasteiger partial charge in [-0.1, -0.05) is 13.0 Å². The predicted molar refractivity (Wildman–Crippen MR) is 72.5 cm³/mol. The molecule has 0 bridgehead atoms. The zero-order valence-electron chi connectivity index (χ0n) is 10.3. The molecule has 1 N–H and O–H groups in total. The van der Waals surface area contributed by atoms with Crippen LogP contribution in [-0.4, -0.2) is 26.0 Å². The van der Waals surface area contributed by atoms with Crippen LogP contribution in [0.3, 0.4) is 0 Å². The Morgan fingerprint density at radius 3 is 2.94 bits per heavy atom. The molecule has 0 atom stereocenters. The van der Waals surface area contributed by atoms with Gasteiger partial charge < -0.3 is 10.1 Å². The number of hydrogen-bond acceptors (Lipinski definition) is 4. The highest BCUT2D eigenvalue weighted by atomic mass is 32.2. The Morgan fingerprint density at radius 2 is 2.29 bits per heavy atom. The van der Waals surface area contributed by atoms with E-state index >= 15 is 0 Å². The van der Waals surface area contributed by atoms with Gasteiger partial charge in [0.25, 0.3) is 0 Å². The highest BCUT2D eigenvalue weighted by Crippen LogP contribution is 2.27. The molecule has 0 amide bonds. The molecule has 0 saturated carbocycles. The van der Waals surface area contributed by atoms with Crippen LogP contribution in [0.25, 0.3) is 0 Å². The number of nitrogens with zero attached hydrogens (tertiary/aromatic N) is 1. The summed E-state index contributed by atoms with van der Waals surface area (Å²) in [6, 6.07) is 8.20. The Morgan fingerprint density at radius 1 is 1.47 bits per heavy atom. The van der Waals surface area contributed by atoms with Crippen molar-refractivity contribution in [2.24, 2.45) is 0 Å². The Balaban J connectivity index is 2.70. The van der Waals surface area contributed by atoms with E-state index in [1.165, 1.54) is 0 Å². The highest BCUT2D eigenvalue weighted by molar-refractivity contribution is 7.99. The molecule has 0 aliphatic carbocycles. The zero-order chi connectivity index (χ0) is 12.5. The van der Waals surface area contributed by atoms with Crippen molar-refractivity contribution >= 4 is 17.4 Å². The van der Waals surface area contributed by atoms with Gasteiger partial charge in [0.2, 0.25) is 0 Å². The van der Waals surface area contributed by atoms with Gasteiger partial charge in [0.15, 0.2) is 0 Å². The quantitative estimate of drug-likeness (QED) is 0.596. The molecule has 0 unspecified atom stereocenters. The molecule has 4 heteroatoms. The van der Waals surface area contributed by atoms with E-state index in [9.17, 15) is 5.26 Å². The third-order valence-electron chi connectivity index (χ3n) is 2.28. The fourth-order valence-electron chi connectivity index (χ4n) is 1.51. The number of ether oxygens (including phenoxy) is 1. The Hall–Kier alpha value is -1.18. The van der Waals surface area contributed by atoms with Crippen LogP contribution in [0.5, 0.6) is 0 Å². The molecule has 0 aliphatic rings. The molecule has 0 aliphatic heterocycles. The third kappa shape index (κ3) is 4.29. The molecule has 3 nitrogen and oxygen atoms in total. The van der Waals surface area contributed by atoms with Crippen molar-refractivity contribution in [1.82, 2.24) is 0 Å². The SMILES string of the molecule is CCSc1cccc(NCCCOC)c1C#N. The summed E-state index contributed by atoms with van der Waals surface area (Å²) >= 11 is 1.70. The van der Waals surface area contributed by atoms with Gasteiger partial charge in [0, 0.05) is 25.2 Å². The number of rotatable bonds is 7. The number of nitrogens with one attached hydrogen (secondary N) is 1. The van der Waals surface area contributed by atoms with Crippen molar-refractivity contribution in [3.8, 4) is 6.07 Å². The van der Waals surface area contributed by atoms with Gasteiger partial charge in [0.05, 0.1) is 11.3 Å². The molecule has 92 valence electrons. The van der Waals surface area contributed by atoms with Crippen molar-refractivity contribution in [2.45, 2.75) is 18.2 Å². The van der Waals surface area contributed by atoms with Gasteiger partial charge in [-0.15, -0.1) is 11.8 Å². The van der Waals surface area contributed by atoms with E-state index in [4.69, 9.17) is 4.74 Å². The molecule has 1 rings (SSSR count). The molecule has 1 aromatic carbocycles. The Kier molecular flexibility index (Phi) is 6.53. The summed E-state index contributed by atoms with van der Waals surface area (Å²) in [7, 11) is 1.69. The van der Waals surface area contributed by atoms with E-state index in [0.29, 0.717) is 0 Å². The van der Waals surface area contributed by atoms with Gasteiger partial charge in [-0.25, -0.2) is 0 Å². The van der Waals surface area contributed by atoms with Gasteiger partial charge in [-0.3, -0.25) is 0 Å². The van der Waals surface area contributed by atoms with Crippen LogP contribution < -0.4 is 5.32 Å². The minimum atomic E-state index is 0.734. The minimum Gasteiger partial charge on any atom is -0.385 e. The number of hydrogen-bond donors (Lipinski definition) is 1. The summed E-state index contributed by atoms with van der Waals surface area (Å²) in [5, 5.41) is 12.5. The van der Waals surface area contributed by atoms with Gasteiger partial charge in [-0.05, 0) is 24.3 Å². The zero-order valence-corrected chi connectivity index (χ0v) is 11.1. The molecule has 0 heterocycles. The van der Waals surface area contributed by atoms with Crippen LogP contribution in [0.15, 0.2) is 23.1 Å². The van der Waals surface area contributed by atoms with E-state index in [0.717, 1.165) is 41.5 Å². The topological polar surface area (TPSA) is 45.0 Å². The summed E-state index contributed by atoms with van der Waals surface area (Å²) in [5.41, 5.74) is 1.67. The molecule has 0 radical (unpaired) electrons. The van der Waals surface area contributed by atoms with Gasteiger partial charge in [-0.2, -0.15) is 5.26 Å². The third-order valence-corrected chi connectivity index (χ3v) is 3.22. The van der Waals surface area contributed by atoms with Crippen molar-refractivity contribution in [3.63, 3.8) is 0 Å². The number of anilines is 1. The maximum absolute atomic E-state index is 9.20. The minimum absolute atomic E-state index is 0.734. The molecular weight excluding hydrogens is 232 g/mol. The Labute approximate surface area is 107 Å². The highest BCUT2D eigenvalue weighted by Gasteiger charge is 2.07. The molecule has 0 spiro atoms. The van der Waals surface area contributed by atoms with E-state index in [1.807, 2.05) is 18.2 Å². The number of thioether (sulfide) groups is 1. The van der Waals surface area contributed by atoms with Crippen molar-refractivity contribution in [1.29, 1.82) is 5.26 Å². The molecule has 17 heavy (non-hydrogen) atoms. The smallest absolute Gasteiger partial charge is 0.102 e. The van der Waals surface area contributed by atoms with E-state index in [1.54, 1.807) is 18.9 Å². The van der Waals surface area contributed by atoms with Crippen LogP contribution in [0, 0.1) is 11.3 Å². The number of benzene rings is 1. The first-order valence-electron chi connectivity index (χ1n) is 5.72. The second kappa shape index (κ2) is 7.99. The second-order valence-electron chi connectivity index (χ2n) is 3.50. The van der Waals surface area contributed by atoms with Gasteiger partial charge >= 0.3 is 0 Å². The average Bonchev–Trinajstić information content (AvgIpc) is 2.35. The lowest BCUT2D eigenvalue weighted by atomic mass is 10.2. The summed E-state index contributed by atoms with van der Waals surface area (Å²) in [5.74, 6) is 0.974. The van der Waals surface area contributed by atoms with Crippen LogP contribution in [0.4, 0.5) is 5.69 Å².